The van der Waals surface area contributed by atoms with Crippen LogP contribution >= 0.6 is 0 Å². The van der Waals surface area contributed by atoms with Crippen molar-refractivity contribution in [3.63, 3.8) is 0 Å². The molecule has 0 radical (unpaired) electrons. The molecule has 7 heteroatoms. The van der Waals surface area contributed by atoms with Crippen LogP contribution in [0.2, 0.25) is 0 Å². The molecule has 41 heavy (non-hydrogen) atoms. The van der Waals surface area contributed by atoms with Gasteiger partial charge in [0.1, 0.15) is 12.2 Å². The van der Waals surface area contributed by atoms with Crippen molar-refractivity contribution in [2.45, 2.75) is 141 Å². The third kappa shape index (κ3) is 20.6. The van der Waals surface area contributed by atoms with Crippen LogP contribution in [-0.4, -0.2) is 63.3 Å². The molecule has 0 saturated carbocycles. The first kappa shape index (κ1) is 37.1. The Morgan fingerprint density at radius 1 is 0.683 bits per heavy atom. The fourth-order valence-corrected chi connectivity index (χ4v) is 4.95. The number of hydrogen-bond donors (Lipinski definition) is 5. The molecule has 0 fully saturated rings. The maximum atomic E-state index is 11.7. The lowest BCUT2D eigenvalue weighted by Gasteiger charge is -2.13. The van der Waals surface area contributed by atoms with E-state index in [0.29, 0.717) is 6.61 Å². The number of Topliss-reactive ketones (excluding diaryl/α,β-unsaturated/α-hetero) is 1. The van der Waals surface area contributed by atoms with E-state index in [0.717, 1.165) is 37.9 Å². The molecule has 0 aliphatic rings. The lowest BCUT2D eigenvalue weighted by Crippen LogP contribution is -2.36. The molecule has 0 amide bonds. The van der Waals surface area contributed by atoms with Crippen LogP contribution in [0, 0.1) is 0 Å². The van der Waals surface area contributed by atoms with Crippen molar-refractivity contribution in [2.75, 3.05) is 19.8 Å². The number of aliphatic hydroxyl groups excluding tert-OH is 3. The number of carbonyl (C=O) groups excluding carboxylic acids is 1. The summed E-state index contributed by atoms with van der Waals surface area (Å²) in [6, 6.07) is 4.76. The number of ether oxygens (including phenoxy) is 1. The van der Waals surface area contributed by atoms with Gasteiger partial charge in [0.2, 0.25) is 0 Å². The van der Waals surface area contributed by atoms with E-state index < -0.39 is 18.8 Å². The summed E-state index contributed by atoms with van der Waals surface area (Å²) in [5.74, 6) is -0.590. The number of phenolic OH excluding ortho intramolecular Hbond substituents is 2. The molecule has 2 unspecified atom stereocenters. The molecule has 0 aromatic heterocycles. The van der Waals surface area contributed by atoms with Crippen molar-refractivity contribution < 1.29 is 35.1 Å². The van der Waals surface area contributed by atoms with E-state index >= 15 is 0 Å². The highest BCUT2D eigenvalue weighted by molar-refractivity contribution is 5.83. The zero-order chi connectivity index (χ0) is 30.0. The molecule has 5 N–H and O–H groups in total. The van der Waals surface area contributed by atoms with E-state index in [1.54, 1.807) is 6.07 Å². The number of ketones is 1. The smallest absolute Gasteiger partial charge is 0.164 e. The molecule has 1 aromatic rings. The van der Waals surface area contributed by atoms with E-state index in [1.807, 2.05) is 12.2 Å². The van der Waals surface area contributed by atoms with Gasteiger partial charge in [0.15, 0.2) is 17.3 Å². The molecule has 0 bridgehead atoms. The summed E-state index contributed by atoms with van der Waals surface area (Å²) >= 11 is 0. The van der Waals surface area contributed by atoms with Gasteiger partial charge < -0.3 is 30.3 Å². The minimum Gasteiger partial charge on any atom is -0.504 e. The van der Waals surface area contributed by atoms with Crippen LogP contribution < -0.4 is 0 Å². The average Bonchev–Trinajstić information content (AvgIpc) is 2.97. The standard InChI is InChI=1S/C34H58O7/c35-28-33(39)34(40)31(37)22-18-16-14-12-10-8-6-4-2-1-3-5-7-9-11-13-15-17-19-25-41-26-20-21-29-23-24-30(36)32(38)27-29/h20-21,23-24,27,33-36,38-40H,1-19,22,25-26,28H2. The van der Waals surface area contributed by atoms with Crippen LogP contribution in [-0.2, 0) is 9.53 Å². The van der Waals surface area contributed by atoms with Gasteiger partial charge in [-0.1, -0.05) is 127 Å². The zero-order valence-corrected chi connectivity index (χ0v) is 25.4. The molecule has 0 spiro atoms. The molecular weight excluding hydrogens is 520 g/mol. The first-order chi connectivity index (χ1) is 20.0. The van der Waals surface area contributed by atoms with Crippen LogP contribution in [0.4, 0.5) is 0 Å². The summed E-state index contributed by atoms with van der Waals surface area (Å²) in [5.41, 5.74) is 0.839. The van der Waals surface area contributed by atoms with Gasteiger partial charge in [0.25, 0.3) is 0 Å². The summed E-state index contributed by atoms with van der Waals surface area (Å²) in [6.45, 7) is 0.746. The number of hydrogen-bond acceptors (Lipinski definition) is 7. The highest BCUT2D eigenvalue weighted by Gasteiger charge is 2.22. The van der Waals surface area contributed by atoms with Gasteiger partial charge in [-0.15, -0.1) is 0 Å². The monoisotopic (exact) mass is 578 g/mol. The van der Waals surface area contributed by atoms with Crippen molar-refractivity contribution in [2.24, 2.45) is 0 Å². The molecule has 0 aliphatic carbocycles. The topological polar surface area (TPSA) is 127 Å². The molecule has 0 heterocycles. The Labute approximate surface area is 248 Å². The third-order valence-corrected chi connectivity index (χ3v) is 7.62. The van der Waals surface area contributed by atoms with E-state index in [2.05, 4.69) is 0 Å². The SMILES string of the molecule is O=C(CCCCCCCCCCCCCCCCCCCCCOCC=Cc1ccc(O)c(O)c1)C(O)C(O)CO. The summed E-state index contributed by atoms with van der Waals surface area (Å²) < 4.78 is 5.64. The first-order valence-corrected chi connectivity index (χ1v) is 16.2. The molecule has 2 atom stereocenters. The van der Waals surface area contributed by atoms with Gasteiger partial charge in [-0.05, 0) is 30.5 Å². The van der Waals surface area contributed by atoms with E-state index in [9.17, 15) is 25.2 Å². The molecule has 236 valence electrons. The van der Waals surface area contributed by atoms with Crippen LogP contribution in [0.3, 0.4) is 0 Å². The first-order valence-electron chi connectivity index (χ1n) is 16.2. The Morgan fingerprint density at radius 3 is 1.61 bits per heavy atom. The van der Waals surface area contributed by atoms with Crippen LogP contribution in [0.25, 0.3) is 6.08 Å². The number of aromatic hydroxyl groups is 2. The summed E-state index contributed by atoms with van der Waals surface area (Å²) in [5, 5.41) is 46.4. The highest BCUT2D eigenvalue weighted by Crippen LogP contribution is 2.25. The Bertz CT molecular complexity index is 795. The number of benzene rings is 1. The molecule has 7 nitrogen and oxygen atoms in total. The van der Waals surface area contributed by atoms with E-state index in [4.69, 9.17) is 9.84 Å². The number of unbranched alkanes of at least 4 members (excludes halogenated alkanes) is 18. The fraction of sp³-hybridized carbons (Fsp3) is 0.735. The molecule has 1 rings (SSSR count). The Balaban J connectivity index is 1.74. The van der Waals surface area contributed by atoms with Gasteiger partial charge >= 0.3 is 0 Å². The average molecular weight is 579 g/mol. The van der Waals surface area contributed by atoms with Crippen molar-refractivity contribution in [1.29, 1.82) is 0 Å². The maximum absolute atomic E-state index is 11.7. The molecule has 0 aliphatic heterocycles. The second kappa shape index (κ2) is 25.8. The zero-order valence-electron chi connectivity index (χ0n) is 25.4. The van der Waals surface area contributed by atoms with Crippen LogP contribution in [0.1, 0.15) is 134 Å². The predicted molar refractivity (Wildman–Crippen MR) is 166 cm³/mol. The van der Waals surface area contributed by atoms with Gasteiger partial charge in [-0.25, -0.2) is 0 Å². The summed E-state index contributed by atoms with van der Waals surface area (Å²) in [7, 11) is 0. The Hall–Kier alpha value is -1.93. The van der Waals surface area contributed by atoms with Crippen molar-refractivity contribution in [3.05, 3.63) is 29.8 Å². The van der Waals surface area contributed by atoms with Crippen LogP contribution in [0.15, 0.2) is 24.3 Å². The molecular formula is C34H58O7. The van der Waals surface area contributed by atoms with Gasteiger partial charge in [-0.2, -0.15) is 0 Å². The van der Waals surface area contributed by atoms with E-state index in [-0.39, 0.29) is 23.7 Å². The normalized spacial score (nSPS) is 13.1. The minimum atomic E-state index is -1.45. The molecule has 0 saturated heterocycles. The van der Waals surface area contributed by atoms with Crippen LogP contribution in [0.5, 0.6) is 11.5 Å². The van der Waals surface area contributed by atoms with Crippen molar-refractivity contribution in [3.8, 4) is 11.5 Å². The third-order valence-electron chi connectivity index (χ3n) is 7.62. The minimum absolute atomic E-state index is 0.106. The fourth-order valence-electron chi connectivity index (χ4n) is 4.95. The van der Waals surface area contributed by atoms with Crippen molar-refractivity contribution >= 4 is 11.9 Å². The second-order valence-corrected chi connectivity index (χ2v) is 11.4. The summed E-state index contributed by atoms with van der Waals surface area (Å²) in [6.07, 6.45) is 24.9. The predicted octanol–water partition coefficient (Wildman–Crippen LogP) is 7.21. The maximum Gasteiger partial charge on any atom is 0.164 e. The lowest BCUT2D eigenvalue weighted by molar-refractivity contribution is -0.134. The highest BCUT2D eigenvalue weighted by atomic mass is 16.5. The molecule has 1 aromatic carbocycles. The summed E-state index contributed by atoms with van der Waals surface area (Å²) in [4.78, 5) is 11.7. The van der Waals surface area contributed by atoms with E-state index in [1.165, 1.54) is 108 Å². The Morgan fingerprint density at radius 2 is 1.15 bits per heavy atom. The quantitative estimate of drug-likeness (QED) is 0.0525. The van der Waals surface area contributed by atoms with Crippen molar-refractivity contribution in [1.82, 2.24) is 0 Å². The number of aliphatic hydroxyl groups is 3. The van der Waals surface area contributed by atoms with Gasteiger partial charge in [-0.3, -0.25) is 4.79 Å². The number of carbonyl (C=O) groups is 1. The second-order valence-electron chi connectivity index (χ2n) is 11.4. The number of rotatable bonds is 28. The largest absolute Gasteiger partial charge is 0.504 e. The van der Waals surface area contributed by atoms with Gasteiger partial charge in [0.05, 0.1) is 13.2 Å². The lowest BCUT2D eigenvalue weighted by atomic mass is 10.0. The Kier molecular flexibility index (Phi) is 23.3. The number of phenols is 2. The van der Waals surface area contributed by atoms with Gasteiger partial charge in [0, 0.05) is 13.0 Å².